The van der Waals surface area contributed by atoms with E-state index in [9.17, 15) is 24.2 Å². The lowest BCUT2D eigenvalue weighted by Gasteiger charge is -2.07. The number of ketones is 1. The number of aryl methyl sites for hydroxylation is 1. The SMILES string of the molecule is CCc1c(-c2ccc(O)cc2)noc1CC(F)C(=O)c1cn(CC)c(N)c1C(=O)O. The minimum absolute atomic E-state index is 0.0934. The van der Waals surface area contributed by atoms with Crippen LogP contribution in [0.25, 0.3) is 11.3 Å². The fourth-order valence-corrected chi connectivity index (χ4v) is 3.38. The van der Waals surface area contributed by atoms with Gasteiger partial charge in [0.25, 0.3) is 0 Å². The molecule has 1 unspecified atom stereocenters. The molecule has 30 heavy (non-hydrogen) atoms. The molecular weight excluding hydrogens is 393 g/mol. The molecule has 4 N–H and O–H groups in total. The lowest BCUT2D eigenvalue weighted by atomic mass is 9.98. The number of alkyl halides is 1. The molecule has 0 amide bonds. The highest BCUT2D eigenvalue weighted by Gasteiger charge is 2.31. The number of aromatic hydroxyl groups is 1. The van der Waals surface area contributed by atoms with Crippen LogP contribution in [0.3, 0.4) is 0 Å². The third-order valence-corrected chi connectivity index (χ3v) is 4.95. The summed E-state index contributed by atoms with van der Waals surface area (Å²) in [6.07, 6.45) is -0.670. The molecule has 0 aliphatic rings. The Morgan fingerprint density at radius 2 is 1.93 bits per heavy atom. The summed E-state index contributed by atoms with van der Waals surface area (Å²) >= 11 is 0. The Labute approximate surface area is 171 Å². The van der Waals surface area contributed by atoms with Crippen molar-refractivity contribution in [3.8, 4) is 17.0 Å². The van der Waals surface area contributed by atoms with Crippen LogP contribution < -0.4 is 5.73 Å². The first-order valence-electron chi connectivity index (χ1n) is 9.45. The number of hydrogen-bond acceptors (Lipinski definition) is 6. The lowest BCUT2D eigenvalue weighted by molar-refractivity contribution is 0.0690. The summed E-state index contributed by atoms with van der Waals surface area (Å²) < 4.78 is 21.6. The molecule has 0 fully saturated rings. The summed E-state index contributed by atoms with van der Waals surface area (Å²) in [5, 5.41) is 22.8. The van der Waals surface area contributed by atoms with Crippen LogP contribution in [0.1, 0.15) is 45.9 Å². The van der Waals surface area contributed by atoms with E-state index in [1.54, 1.807) is 19.1 Å². The number of hydrogen-bond donors (Lipinski definition) is 3. The molecule has 0 saturated carbocycles. The number of carboxylic acids is 1. The highest BCUT2D eigenvalue weighted by atomic mass is 19.1. The normalized spacial score (nSPS) is 12.1. The van der Waals surface area contributed by atoms with E-state index < -0.39 is 23.5 Å². The number of phenolic OH excluding ortho intramolecular Hbond substituents is 1. The van der Waals surface area contributed by atoms with Crippen molar-refractivity contribution < 1.29 is 28.7 Å². The van der Waals surface area contributed by atoms with Gasteiger partial charge >= 0.3 is 5.97 Å². The van der Waals surface area contributed by atoms with Gasteiger partial charge in [-0.1, -0.05) is 12.1 Å². The highest BCUT2D eigenvalue weighted by Crippen LogP contribution is 2.29. The zero-order valence-electron chi connectivity index (χ0n) is 16.6. The predicted octanol–water partition coefficient (Wildman–Crippen LogP) is 3.47. The van der Waals surface area contributed by atoms with Crippen molar-refractivity contribution in [2.24, 2.45) is 0 Å². The number of rotatable bonds is 8. The lowest BCUT2D eigenvalue weighted by Crippen LogP contribution is -2.21. The second kappa shape index (κ2) is 8.40. The van der Waals surface area contributed by atoms with Crippen LogP contribution in [-0.2, 0) is 19.4 Å². The first-order valence-corrected chi connectivity index (χ1v) is 9.45. The maximum absolute atomic E-state index is 14.9. The molecule has 1 atom stereocenters. The maximum Gasteiger partial charge on any atom is 0.340 e. The number of halogens is 1. The topological polar surface area (TPSA) is 132 Å². The highest BCUT2D eigenvalue weighted by molar-refractivity contribution is 6.10. The van der Waals surface area contributed by atoms with E-state index in [0.29, 0.717) is 29.8 Å². The molecule has 2 heterocycles. The molecule has 0 aliphatic heterocycles. The van der Waals surface area contributed by atoms with Crippen molar-refractivity contribution in [2.45, 2.75) is 39.4 Å². The van der Waals surface area contributed by atoms with E-state index in [4.69, 9.17) is 10.3 Å². The molecule has 3 rings (SSSR count). The molecule has 0 spiro atoms. The van der Waals surface area contributed by atoms with Gasteiger partial charge in [0.2, 0.25) is 0 Å². The van der Waals surface area contributed by atoms with E-state index in [1.807, 2.05) is 6.92 Å². The van der Waals surface area contributed by atoms with Crippen molar-refractivity contribution in [1.82, 2.24) is 9.72 Å². The van der Waals surface area contributed by atoms with Crippen molar-refractivity contribution in [3.05, 3.63) is 52.9 Å². The molecule has 2 aromatic heterocycles. The number of aromatic nitrogens is 2. The van der Waals surface area contributed by atoms with Crippen LogP contribution in [0.4, 0.5) is 10.2 Å². The third-order valence-electron chi connectivity index (χ3n) is 4.95. The number of benzene rings is 1. The predicted molar refractivity (Wildman–Crippen MR) is 107 cm³/mol. The molecule has 8 nitrogen and oxygen atoms in total. The third kappa shape index (κ3) is 3.78. The second-order valence-corrected chi connectivity index (χ2v) is 6.76. The smallest absolute Gasteiger partial charge is 0.340 e. The van der Waals surface area contributed by atoms with Crippen LogP contribution in [0.15, 0.2) is 35.0 Å². The number of nitrogens with two attached hydrogens (primary N) is 1. The summed E-state index contributed by atoms with van der Waals surface area (Å²) in [5.41, 5.74) is 6.94. The number of carbonyl (C=O) groups excluding carboxylic acids is 1. The zero-order valence-corrected chi connectivity index (χ0v) is 16.6. The van der Waals surface area contributed by atoms with Crippen LogP contribution in [0, 0.1) is 0 Å². The van der Waals surface area contributed by atoms with Gasteiger partial charge in [0, 0.05) is 30.3 Å². The Bertz CT molecular complexity index is 1090. The average molecular weight is 415 g/mol. The van der Waals surface area contributed by atoms with Crippen LogP contribution in [0.2, 0.25) is 0 Å². The first-order chi connectivity index (χ1) is 14.3. The number of aromatic carboxylic acids is 1. The average Bonchev–Trinajstić information content (AvgIpc) is 3.28. The summed E-state index contributed by atoms with van der Waals surface area (Å²) in [5.74, 6) is -2.15. The Morgan fingerprint density at radius 3 is 2.50 bits per heavy atom. The standard InChI is InChI=1S/C21H22FN3O5/c1-3-13-16(30-24-18(13)11-5-7-12(26)8-6-11)9-15(22)19(27)14-10-25(4-2)20(23)17(14)21(28)29/h5-8,10,15,26H,3-4,9,23H2,1-2H3,(H,28,29). The minimum Gasteiger partial charge on any atom is -0.508 e. The van der Waals surface area contributed by atoms with Gasteiger partial charge in [-0.3, -0.25) is 4.79 Å². The van der Waals surface area contributed by atoms with Crippen LogP contribution in [-0.4, -0.2) is 37.9 Å². The van der Waals surface area contributed by atoms with Crippen molar-refractivity contribution in [3.63, 3.8) is 0 Å². The van der Waals surface area contributed by atoms with Gasteiger partial charge in [-0.25, -0.2) is 9.18 Å². The van der Waals surface area contributed by atoms with Crippen LogP contribution >= 0.6 is 0 Å². The molecular formula is C21H22FN3O5. The molecule has 0 aliphatic carbocycles. The molecule has 3 aromatic rings. The van der Waals surface area contributed by atoms with Gasteiger partial charge in [-0.05, 0) is 37.6 Å². The van der Waals surface area contributed by atoms with Crippen molar-refractivity contribution in [2.75, 3.05) is 5.73 Å². The fraction of sp³-hybridized carbons (Fsp3) is 0.286. The van der Waals surface area contributed by atoms with E-state index in [0.717, 1.165) is 0 Å². The molecule has 0 saturated heterocycles. The van der Waals surface area contributed by atoms with Crippen molar-refractivity contribution in [1.29, 1.82) is 0 Å². The molecule has 9 heteroatoms. The number of carbonyl (C=O) groups is 2. The molecule has 0 bridgehead atoms. The monoisotopic (exact) mass is 415 g/mol. The minimum atomic E-state index is -2.03. The Hall–Kier alpha value is -3.62. The van der Waals surface area contributed by atoms with E-state index in [-0.39, 0.29) is 29.3 Å². The van der Waals surface area contributed by atoms with Crippen LogP contribution in [0.5, 0.6) is 5.75 Å². The van der Waals surface area contributed by atoms with E-state index >= 15 is 0 Å². The van der Waals surface area contributed by atoms with Gasteiger partial charge < -0.3 is 25.0 Å². The summed E-state index contributed by atoms with van der Waals surface area (Å²) in [6.45, 7) is 3.92. The first kappa shape index (κ1) is 21.1. The summed E-state index contributed by atoms with van der Waals surface area (Å²) in [7, 11) is 0. The second-order valence-electron chi connectivity index (χ2n) is 6.76. The number of nitrogen functional groups attached to an aromatic ring is 1. The van der Waals surface area contributed by atoms with E-state index in [2.05, 4.69) is 5.16 Å². The van der Waals surface area contributed by atoms with Gasteiger partial charge in [0.1, 0.15) is 28.6 Å². The Kier molecular flexibility index (Phi) is 5.91. The number of Topliss-reactive ketones (excluding diaryl/α,β-unsaturated/α-hetero) is 1. The van der Waals surface area contributed by atoms with Gasteiger partial charge in [0.15, 0.2) is 12.0 Å². The Balaban J connectivity index is 1.90. The molecule has 158 valence electrons. The number of phenols is 1. The zero-order chi connectivity index (χ0) is 22.0. The van der Waals surface area contributed by atoms with E-state index in [1.165, 1.54) is 22.9 Å². The molecule has 1 aromatic carbocycles. The van der Waals surface area contributed by atoms with Gasteiger partial charge in [0.05, 0.1) is 5.56 Å². The molecule has 0 radical (unpaired) electrons. The number of anilines is 1. The fourth-order valence-electron chi connectivity index (χ4n) is 3.38. The van der Waals surface area contributed by atoms with Gasteiger partial charge in [-0.2, -0.15) is 0 Å². The number of nitrogens with zero attached hydrogens (tertiary/aromatic N) is 2. The summed E-state index contributed by atoms with van der Waals surface area (Å²) in [4.78, 5) is 24.2. The number of carboxylic acid groups (broad SMARTS) is 1. The quantitative estimate of drug-likeness (QED) is 0.480. The van der Waals surface area contributed by atoms with Gasteiger partial charge in [-0.15, -0.1) is 0 Å². The summed E-state index contributed by atoms with van der Waals surface area (Å²) in [6, 6.07) is 6.31. The maximum atomic E-state index is 14.9. The Morgan fingerprint density at radius 1 is 1.27 bits per heavy atom. The van der Waals surface area contributed by atoms with Crippen molar-refractivity contribution >= 4 is 17.6 Å². The largest absolute Gasteiger partial charge is 0.508 e.